The Morgan fingerprint density at radius 3 is 3.11 bits per heavy atom. The molecule has 0 bridgehead atoms. The van der Waals surface area contributed by atoms with Gasteiger partial charge >= 0.3 is 5.97 Å². The van der Waals surface area contributed by atoms with E-state index in [0.717, 1.165) is 5.69 Å². The molecule has 2 heterocycles. The van der Waals surface area contributed by atoms with Crippen molar-refractivity contribution in [2.45, 2.75) is 25.7 Å². The van der Waals surface area contributed by atoms with E-state index >= 15 is 0 Å². The molecule has 1 fully saturated rings. The van der Waals surface area contributed by atoms with Gasteiger partial charge in [0.15, 0.2) is 0 Å². The van der Waals surface area contributed by atoms with Crippen LogP contribution in [0.15, 0.2) is 12.3 Å². The summed E-state index contributed by atoms with van der Waals surface area (Å²) in [7, 11) is 0. The summed E-state index contributed by atoms with van der Waals surface area (Å²) in [4.78, 5) is 11.5. The maximum atomic E-state index is 11.5. The molecule has 0 saturated heterocycles. The van der Waals surface area contributed by atoms with E-state index in [2.05, 4.69) is 15.3 Å². The van der Waals surface area contributed by atoms with E-state index in [-0.39, 0.29) is 5.01 Å². The van der Waals surface area contributed by atoms with Crippen molar-refractivity contribution in [3.63, 3.8) is 0 Å². The normalized spacial score (nSPS) is 14.7. The molecule has 2 aromatic heterocycles. The lowest BCUT2D eigenvalue weighted by molar-refractivity contribution is 0.0525. The number of hydrogen-bond acceptors (Lipinski definition) is 6. The van der Waals surface area contributed by atoms with Gasteiger partial charge in [-0.3, -0.25) is 0 Å². The summed E-state index contributed by atoms with van der Waals surface area (Å²) in [5.74, 6) is 0.166. The number of hydrogen-bond donors (Lipinski definition) is 0. The number of carbonyl (C=O) groups excluding carboxylic acids is 1. The second-order valence-electron chi connectivity index (χ2n) is 4.07. The summed E-state index contributed by atoms with van der Waals surface area (Å²) >= 11 is 1.18. The van der Waals surface area contributed by atoms with Gasteiger partial charge in [-0.25, -0.2) is 9.48 Å². The van der Waals surface area contributed by atoms with Gasteiger partial charge < -0.3 is 4.74 Å². The van der Waals surface area contributed by atoms with Gasteiger partial charge in [0.25, 0.3) is 0 Å². The SMILES string of the molecule is CCOC(=O)c1nnc(-n2ccc(C3CC3)n2)s1. The smallest absolute Gasteiger partial charge is 0.369 e. The predicted octanol–water partition coefficient (Wildman–Crippen LogP) is 1.78. The average Bonchev–Trinajstić information content (AvgIpc) is 2.93. The van der Waals surface area contributed by atoms with Gasteiger partial charge in [-0.1, -0.05) is 11.3 Å². The molecule has 1 aliphatic rings. The fraction of sp³-hybridized carbons (Fsp3) is 0.455. The third-order valence-corrected chi connectivity index (χ3v) is 3.56. The number of carbonyl (C=O) groups is 1. The first-order valence-corrected chi connectivity index (χ1v) is 6.66. The van der Waals surface area contributed by atoms with E-state index in [1.54, 1.807) is 11.6 Å². The number of ether oxygens (including phenoxy) is 1. The van der Waals surface area contributed by atoms with Crippen LogP contribution in [-0.4, -0.2) is 32.6 Å². The topological polar surface area (TPSA) is 69.9 Å². The molecule has 0 spiro atoms. The zero-order valence-corrected chi connectivity index (χ0v) is 10.7. The van der Waals surface area contributed by atoms with Crippen molar-refractivity contribution < 1.29 is 9.53 Å². The van der Waals surface area contributed by atoms with Crippen molar-refractivity contribution in [1.82, 2.24) is 20.0 Å². The van der Waals surface area contributed by atoms with Crippen molar-refractivity contribution in [2.24, 2.45) is 0 Å². The Labute approximate surface area is 108 Å². The summed E-state index contributed by atoms with van der Waals surface area (Å²) in [5, 5.41) is 13.0. The molecular weight excluding hydrogens is 252 g/mol. The first-order chi connectivity index (χ1) is 8.78. The van der Waals surface area contributed by atoms with Gasteiger partial charge in [-0.2, -0.15) is 5.10 Å². The highest BCUT2D eigenvalue weighted by Gasteiger charge is 2.26. The first-order valence-electron chi connectivity index (χ1n) is 5.84. The molecule has 0 aromatic carbocycles. The molecule has 6 nitrogen and oxygen atoms in total. The number of nitrogens with zero attached hydrogens (tertiary/aromatic N) is 4. The van der Waals surface area contributed by atoms with Crippen LogP contribution in [0, 0.1) is 0 Å². The number of esters is 1. The van der Waals surface area contributed by atoms with E-state index in [4.69, 9.17) is 4.74 Å². The Balaban J connectivity index is 1.80. The Morgan fingerprint density at radius 1 is 1.56 bits per heavy atom. The molecule has 3 rings (SSSR count). The van der Waals surface area contributed by atoms with Crippen LogP contribution in [0.5, 0.6) is 0 Å². The molecule has 1 saturated carbocycles. The standard InChI is InChI=1S/C11H12N4O2S/c1-2-17-10(16)9-12-13-11(18-9)15-6-5-8(14-15)7-3-4-7/h5-7H,2-4H2,1H3. The van der Waals surface area contributed by atoms with Crippen molar-refractivity contribution in [2.75, 3.05) is 6.61 Å². The van der Waals surface area contributed by atoms with Gasteiger partial charge in [-0.15, -0.1) is 10.2 Å². The minimum Gasteiger partial charge on any atom is -0.461 e. The zero-order valence-electron chi connectivity index (χ0n) is 9.87. The molecule has 2 aromatic rings. The van der Waals surface area contributed by atoms with Crippen LogP contribution in [0.25, 0.3) is 5.13 Å². The van der Waals surface area contributed by atoms with Crippen LogP contribution < -0.4 is 0 Å². The predicted molar refractivity (Wildman–Crippen MR) is 65.0 cm³/mol. The molecule has 0 aliphatic heterocycles. The maximum absolute atomic E-state index is 11.5. The lowest BCUT2D eigenvalue weighted by Crippen LogP contribution is -2.03. The Bertz CT molecular complexity index is 573. The highest BCUT2D eigenvalue weighted by molar-refractivity contribution is 7.15. The Morgan fingerprint density at radius 2 is 2.39 bits per heavy atom. The summed E-state index contributed by atoms with van der Waals surface area (Å²) in [5.41, 5.74) is 1.09. The molecule has 18 heavy (non-hydrogen) atoms. The largest absolute Gasteiger partial charge is 0.461 e. The van der Waals surface area contributed by atoms with E-state index in [1.807, 2.05) is 12.3 Å². The van der Waals surface area contributed by atoms with Crippen molar-refractivity contribution >= 4 is 17.3 Å². The molecule has 0 unspecified atom stereocenters. The van der Waals surface area contributed by atoms with E-state index in [1.165, 1.54) is 24.2 Å². The molecule has 7 heteroatoms. The van der Waals surface area contributed by atoms with Gasteiger partial charge in [0.05, 0.1) is 12.3 Å². The van der Waals surface area contributed by atoms with Gasteiger partial charge in [0.2, 0.25) is 10.1 Å². The Kier molecular flexibility index (Phi) is 2.83. The molecule has 0 radical (unpaired) electrons. The minimum absolute atomic E-state index is 0.260. The first kappa shape index (κ1) is 11.3. The number of rotatable bonds is 4. The summed E-state index contributed by atoms with van der Waals surface area (Å²) in [6.45, 7) is 2.09. The van der Waals surface area contributed by atoms with Crippen LogP contribution in [0.2, 0.25) is 0 Å². The average molecular weight is 264 g/mol. The monoisotopic (exact) mass is 264 g/mol. The summed E-state index contributed by atoms with van der Waals surface area (Å²) in [6, 6.07) is 1.99. The second-order valence-corrected chi connectivity index (χ2v) is 5.03. The molecular formula is C11H12N4O2S. The Hall–Kier alpha value is -1.76. The highest BCUT2D eigenvalue weighted by Crippen LogP contribution is 2.39. The van der Waals surface area contributed by atoms with Crippen LogP contribution in [0.1, 0.15) is 41.2 Å². The van der Waals surface area contributed by atoms with E-state index in [9.17, 15) is 4.79 Å². The fourth-order valence-corrected chi connectivity index (χ4v) is 2.30. The van der Waals surface area contributed by atoms with Crippen molar-refractivity contribution in [3.8, 4) is 5.13 Å². The zero-order chi connectivity index (χ0) is 12.5. The quantitative estimate of drug-likeness (QED) is 0.787. The second kappa shape index (κ2) is 4.49. The maximum Gasteiger partial charge on any atom is 0.369 e. The van der Waals surface area contributed by atoms with E-state index < -0.39 is 5.97 Å². The minimum atomic E-state index is -0.434. The lowest BCUT2D eigenvalue weighted by Gasteiger charge is -1.94. The lowest BCUT2D eigenvalue weighted by atomic mass is 10.3. The van der Waals surface area contributed by atoms with Crippen molar-refractivity contribution in [1.29, 1.82) is 0 Å². The number of aromatic nitrogens is 4. The molecule has 0 N–H and O–H groups in total. The third kappa shape index (κ3) is 2.13. The van der Waals surface area contributed by atoms with Gasteiger partial charge in [0.1, 0.15) is 0 Å². The van der Waals surface area contributed by atoms with Crippen LogP contribution in [0.3, 0.4) is 0 Å². The molecule has 0 amide bonds. The molecule has 94 valence electrons. The van der Waals surface area contributed by atoms with Gasteiger partial charge in [-0.05, 0) is 25.8 Å². The van der Waals surface area contributed by atoms with E-state index in [0.29, 0.717) is 17.7 Å². The van der Waals surface area contributed by atoms with Crippen molar-refractivity contribution in [3.05, 3.63) is 23.0 Å². The van der Waals surface area contributed by atoms with Crippen LogP contribution in [0.4, 0.5) is 0 Å². The van der Waals surface area contributed by atoms with Crippen LogP contribution in [-0.2, 0) is 4.74 Å². The molecule has 1 aliphatic carbocycles. The highest BCUT2D eigenvalue weighted by atomic mass is 32.1. The summed E-state index contributed by atoms with van der Waals surface area (Å²) < 4.78 is 6.53. The van der Waals surface area contributed by atoms with Gasteiger partial charge in [0, 0.05) is 12.1 Å². The van der Waals surface area contributed by atoms with Crippen LogP contribution >= 0.6 is 11.3 Å². The fourth-order valence-electron chi connectivity index (χ4n) is 1.62. The molecule has 0 atom stereocenters. The third-order valence-electron chi connectivity index (χ3n) is 2.67. The summed E-state index contributed by atoms with van der Waals surface area (Å²) in [6.07, 6.45) is 4.27.